The fraction of sp³-hybridized carbons (Fsp3) is 0.364. The molecule has 7 nitrogen and oxygen atoms in total. The molecule has 1 aliphatic heterocycles. The smallest absolute Gasteiger partial charge is 0.254 e. The lowest BCUT2D eigenvalue weighted by Gasteiger charge is -2.23. The first kappa shape index (κ1) is 15.4. The summed E-state index contributed by atoms with van der Waals surface area (Å²) in [6.45, 7) is 1.64. The Morgan fingerprint density at radius 3 is 2.80 bits per heavy atom. The number of hydrogen-bond acceptors (Lipinski definition) is 5. The molecule has 20 heavy (non-hydrogen) atoms. The van der Waals surface area contributed by atoms with Crippen molar-refractivity contribution in [2.24, 2.45) is 5.14 Å². The molecular weight excluding hydrogens is 350 g/mol. The number of carbonyl (C=O) groups excluding carboxylic acids is 1. The summed E-state index contributed by atoms with van der Waals surface area (Å²) in [7, 11) is -3.77. The number of nitrogens with one attached hydrogen (secondary N) is 2. The number of hydrogen-bond donors (Lipinski definition) is 3. The first-order valence-electron chi connectivity index (χ1n) is 5.83. The Kier molecular flexibility index (Phi) is 4.76. The van der Waals surface area contributed by atoms with Crippen LogP contribution in [0, 0.1) is 0 Å². The highest BCUT2D eigenvalue weighted by molar-refractivity contribution is 9.10. The van der Waals surface area contributed by atoms with E-state index in [2.05, 4.69) is 26.6 Å². The third kappa shape index (κ3) is 3.76. The predicted octanol–water partition coefficient (Wildman–Crippen LogP) is 0.0234. The molecule has 0 bridgehead atoms. The molecule has 1 saturated heterocycles. The molecule has 1 atom stereocenters. The fourth-order valence-corrected chi connectivity index (χ4v) is 2.89. The molecule has 1 fully saturated rings. The van der Waals surface area contributed by atoms with Crippen molar-refractivity contribution in [1.29, 1.82) is 0 Å². The molecule has 1 aromatic rings. The van der Waals surface area contributed by atoms with Gasteiger partial charge in [-0.25, -0.2) is 13.6 Å². The number of primary sulfonamides is 1. The average Bonchev–Trinajstić information content (AvgIpc) is 2.41. The maximum atomic E-state index is 12.0. The minimum atomic E-state index is -3.77. The lowest BCUT2D eigenvalue weighted by molar-refractivity contribution is -0.128. The number of sulfonamides is 1. The molecule has 9 heteroatoms. The largest absolute Gasteiger partial charge is 0.366 e. The van der Waals surface area contributed by atoms with E-state index in [0.29, 0.717) is 23.3 Å². The molecular formula is C11H14BrN3O4S. The van der Waals surface area contributed by atoms with Crippen LogP contribution in [-0.2, 0) is 19.6 Å². The number of nitrogens with two attached hydrogens (primary N) is 1. The van der Waals surface area contributed by atoms with Crippen LogP contribution < -0.4 is 15.8 Å². The first-order chi connectivity index (χ1) is 9.38. The summed E-state index contributed by atoms with van der Waals surface area (Å²) in [5, 5.41) is 10.8. The van der Waals surface area contributed by atoms with Gasteiger partial charge in [-0.1, -0.05) is 0 Å². The molecule has 0 radical (unpaired) electrons. The molecule has 110 valence electrons. The normalized spacial score (nSPS) is 19.6. The summed E-state index contributed by atoms with van der Waals surface area (Å²) >= 11 is 3.20. The Morgan fingerprint density at radius 1 is 1.50 bits per heavy atom. The fourth-order valence-electron chi connectivity index (χ4n) is 1.72. The molecule has 1 unspecified atom stereocenters. The summed E-state index contributed by atoms with van der Waals surface area (Å²) in [5.41, 5.74) is 0.455. The van der Waals surface area contributed by atoms with Gasteiger partial charge in [0.1, 0.15) is 6.10 Å². The van der Waals surface area contributed by atoms with Crippen LogP contribution in [0.5, 0.6) is 0 Å². The Hall–Kier alpha value is -1.00. The van der Waals surface area contributed by atoms with Gasteiger partial charge in [0, 0.05) is 17.6 Å². The highest BCUT2D eigenvalue weighted by Crippen LogP contribution is 2.25. The van der Waals surface area contributed by atoms with Crippen LogP contribution in [0.2, 0.25) is 0 Å². The van der Waals surface area contributed by atoms with Gasteiger partial charge in [0.2, 0.25) is 10.0 Å². The predicted molar refractivity (Wildman–Crippen MR) is 76.8 cm³/mol. The van der Waals surface area contributed by atoms with E-state index in [-0.39, 0.29) is 10.8 Å². The van der Waals surface area contributed by atoms with Crippen LogP contribution in [0.1, 0.15) is 0 Å². The van der Waals surface area contributed by atoms with Crippen molar-refractivity contribution >= 4 is 37.5 Å². The Labute approximate surface area is 125 Å². The van der Waals surface area contributed by atoms with Crippen molar-refractivity contribution in [3.05, 3.63) is 22.7 Å². The first-order valence-corrected chi connectivity index (χ1v) is 8.17. The van der Waals surface area contributed by atoms with E-state index in [0.717, 1.165) is 6.54 Å². The molecule has 0 spiro atoms. The second-order valence-corrected chi connectivity index (χ2v) is 6.66. The van der Waals surface area contributed by atoms with E-state index in [4.69, 9.17) is 9.88 Å². The molecule has 1 heterocycles. The van der Waals surface area contributed by atoms with Crippen LogP contribution in [0.15, 0.2) is 27.6 Å². The molecule has 2 rings (SSSR count). The summed E-state index contributed by atoms with van der Waals surface area (Å²) in [6.07, 6.45) is -0.562. The minimum absolute atomic E-state index is 0.0297. The zero-order valence-electron chi connectivity index (χ0n) is 10.4. The summed E-state index contributed by atoms with van der Waals surface area (Å²) in [4.78, 5) is 11.9. The molecule has 1 aliphatic rings. The standard InChI is InChI=1S/C11H14BrN3O4S/c12-8-5-7(20(13,17)18)1-2-9(8)15-11(16)10-6-14-3-4-19-10/h1-2,5,10,14H,3-4,6H2,(H,15,16)(H2,13,17,18). The third-order valence-corrected chi connectivity index (χ3v) is 4.31. The Bertz CT molecular complexity index is 614. The SMILES string of the molecule is NS(=O)(=O)c1ccc(NC(=O)C2CNCCO2)c(Br)c1. The molecule has 0 saturated carbocycles. The van der Waals surface area contributed by atoms with Gasteiger partial charge in [0.15, 0.2) is 0 Å². The lowest BCUT2D eigenvalue weighted by atomic mass is 10.2. The summed E-state index contributed by atoms with van der Waals surface area (Å²) in [5.74, 6) is -0.291. The van der Waals surface area contributed by atoms with E-state index in [1.807, 2.05) is 0 Å². The van der Waals surface area contributed by atoms with Crippen LogP contribution in [0.25, 0.3) is 0 Å². The van der Waals surface area contributed by atoms with Crippen LogP contribution >= 0.6 is 15.9 Å². The maximum absolute atomic E-state index is 12.0. The van der Waals surface area contributed by atoms with E-state index in [1.165, 1.54) is 18.2 Å². The van der Waals surface area contributed by atoms with E-state index in [9.17, 15) is 13.2 Å². The minimum Gasteiger partial charge on any atom is -0.366 e. The van der Waals surface area contributed by atoms with Crippen molar-refractivity contribution < 1.29 is 17.9 Å². The second kappa shape index (κ2) is 6.19. The number of amides is 1. The van der Waals surface area contributed by atoms with Crippen LogP contribution in [-0.4, -0.2) is 40.1 Å². The highest BCUT2D eigenvalue weighted by Gasteiger charge is 2.22. The van der Waals surface area contributed by atoms with Gasteiger partial charge in [-0.15, -0.1) is 0 Å². The van der Waals surface area contributed by atoms with Crippen LogP contribution in [0.4, 0.5) is 5.69 Å². The number of carbonyl (C=O) groups is 1. The van der Waals surface area contributed by atoms with Gasteiger partial charge in [-0.3, -0.25) is 4.79 Å². The molecule has 1 amide bonds. The van der Waals surface area contributed by atoms with Gasteiger partial charge < -0.3 is 15.4 Å². The number of rotatable bonds is 3. The lowest BCUT2D eigenvalue weighted by Crippen LogP contribution is -2.45. The maximum Gasteiger partial charge on any atom is 0.254 e. The van der Waals surface area contributed by atoms with Crippen molar-refractivity contribution in [1.82, 2.24) is 5.32 Å². The Morgan fingerprint density at radius 2 is 2.25 bits per heavy atom. The topological polar surface area (TPSA) is 111 Å². The van der Waals surface area contributed by atoms with E-state index < -0.39 is 16.1 Å². The van der Waals surface area contributed by atoms with Gasteiger partial charge >= 0.3 is 0 Å². The van der Waals surface area contributed by atoms with Crippen molar-refractivity contribution in [3.8, 4) is 0 Å². The zero-order valence-corrected chi connectivity index (χ0v) is 12.8. The third-order valence-electron chi connectivity index (χ3n) is 2.75. The van der Waals surface area contributed by atoms with E-state index in [1.54, 1.807) is 0 Å². The van der Waals surface area contributed by atoms with Crippen molar-refractivity contribution in [3.63, 3.8) is 0 Å². The quantitative estimate of drug-likeness (QED) is 0.701. The molecule has 0 aliphatic carbocycles. The van der Waals surface area contributed by atoms with E-state index >= 15 is 0 Å². The second-order valence-electron chi connectivity index (χ2n) is 4.24. The number of ether oxygens (including phenoxy) is 1. The monoisotopic (exact) mass is 363 g/mol. The van der Waals surface area contributed by atoms with Gasteiger partial charge in [0.05, 0.1) is 17.2 Å². The molecule has 4 N–H and O–H groups in total. The number of benzene rings is 1. The highest BCUT2D eigenvalue weighted by atomic mass is 79.9. The summed E-state index contributed by atoms with van der Waals surface area (Å²) < 4.78 is 28.2. The van der Waals surface area contributed by atoms with Gasteiger partial charge in [0.25, 0.3) is 5.91 Å². The van der Waals surface area contributed by atoms with Crippen molar-refractivity contribution in [2.75, 3.05) is 25.0 Å². The molecule has 0 aromatic heterocycles. The van der Waals surface area contributed by atoms with Gasteiger partial charge in [-0.2, -0.15) is 0 Å². The number of halogens is 1. The molecule has 1 aromatic carbocycles. The van der Waals surface area contributed by atoms with Crippen LogP contribution in [0.3, 0.4) is 0 Å². The summed E-state index contributed by atoms with van der Waals surface area (Å²) in [6, 6.07) is 4.14. The zero-order chi connectivity index (χ0) is 14.8. The van der Waals surface area contributed by atoms with Crippen molar-refractivity contribution in [2.45, 2.75) is 11.0 Å². The Balaban J connectivity index is 2.11. The van der Waals surface area contributed by atoms with Gasteiger partial charge in [-0.05, 0) is 34.1 Å². The number of morpholine rings is 1. The number of anilines is 1. The average molecular weight is 364 g/mol.